The van der Waals surface area contributed by atoms with E-state index in [-0.39, 0.29) is 5.60 Å². The Hall–Kier alpha value is -1.22. The summed E-state index contributed by atoms with van der Waals surface area (Å²) >= 11 is 5.69. The molecule has 0 aromatic heterocycles. The minimum Gasteiger partial charge on any atom is -0.488 e. The Morgan fingerprint density at radius 1 is 1.31 bits per heavy atom. The fraction of sp³-hybridized carbons (Fsp3) is 0.417. The molecule has 1 aromatic rings. The van der Waals surface area contributed by atoms with E-state index in [0.29, 0.717) is 11.3 Å². The van der Waals surface area contributed by atoms with Crippen molar-refractivity contribution in [3.05, 3.63) is 29.8 Å². The molecule has 3 nitrogen and oxygen atoms in total. The van der Waals surface area contributed by atoms with Gasteiger partial charge in [-0.1, -0.05) is 12.1 Å². The first-order valence-electron chi connectivity index (χ1n) is 4.95. The summed E-state index contributed by atoms with van der Waals surface area (Å²) in [6.07, 6.45) is 0. The second-order valence-electron chi connectivity index (χ2n) is 4.48. The van der Waals surface area contributed by atoms with Gasteiger partial charge in [-0.3, -0.25) is 4.79 Å². The van der Waals surface area contributed by atoms with E-state index in [4.69, 9.17) is 21.4 Å². The van der Waals surface area contributed by atoms with Gasteiger partial charge in [-0.05, 0) is 38.5 Å². The van der Waals surface area contributed by atoms with E-state index < -0.39 is 11.3 Å². The van der Waals surface area contributed by atoms with Gasteiger partial charge in [0, 0.05) is 0 Å². The van der Waals surface area contributed by atoms with Crippen molar-refractivity contribution >= 4 is 17.6 Å². The Bertz CT molecular complexity index is 365. The zero-order valence-electron chi connectivity index (χ0n) is 9.53. The second kappa shape index (κ2) is 4.74. The molecule has 0 spiro atoms. The molecule has 88 valence electrons. The molecule has 0 amide bonds. The predicted molar refractivity (Wildman–Crippen MR) is 63.1 cm³/mol. The van der Waals surface area contributed by atoms with Crippen LogP contribution in [0.2, 0.25) is 0 Å². The first kappa shape index (κ1) is 12.8. The zero-order valence-corrected chi connectivity index (χ0v) is 10.3. The average Bonchev–Trinajstić information content (AvgIpc) is 2.15. The smallest absolute Gasteiger partial charge is 0.326 e. The number of rotatable bonds is 3. The summed E-state index contributed by atoms with van der Waals surface area (Å²) in [5.41, 5.74) is 0.282. The van der Waals surface area contributed by atoms with Gasteiger partial charge in [-0.15, -0.1) is 11.6 Å². The third-order valence-corrected chi connectivity index (χ3v) is 2.25. The summed E-state index contributed by atoms with van der Waals surface area (Å²) in [7, 11) is 0. The van der Waals surface area contributed by atoms with Gasteiger partial charge in [0.25, 0.3) is 0 Å². The van der Waals surface area contributed by atoms with E-state index in [1.165, 1.54) is 0 Å². The molecule has 1 rings (SSSR count). The number of carboxylic acid groups (broad SMARTS) is 1. The molecule has 1 N–H and O–H groups in total. The van der Waals surface area contributed by atoms with Crippen LogP contribution in [0.25, 0.3) is 0 Å². The third-order valence-electron chi connectivity index (χ3n) is 1.81. The maximum atomic E-state index is 10.7. The van der Waals surface area contributed by atoms with Crippen LogP contribution in [-0.4, -0.2) is 16.7 Å². The molecule has 0 aliphatic carbocycles. The lowest BCUT2D eigenvalue weighted by molar-refractivity contribution is -0.136. The Balaban J connectivity index is 2.79. The Labute approximate surface area is 100.0 Å². The summed E-state index contributed by atoms with van der Waals surface area (Å²) in [4.78, 5) is 10.7. The highest BCUT2D eigenvalue weighted by Gasteiger charge is 2.17. The Morgan fingerprint density at radius 3 is 2.19 bits per heavy atom. The van der Waals surface area contributed by atoms with Gasteiger partial charge >= 0.3 is 5.97 Å². The van der Waals surface area contributed by atoms with E-state index in [2.05, 4.69) is 0 Å². The van der Waals surface area contributed by atoms with Crippen molar-refractivity contribution in [1.82, 2.24) is 0 Å². The Kier molecular flexibility index (Phi) is 3.81. The molecule has 0 saturated carbocycles. The van der Waals surface area contributed by atoms with Gasteiger partial charge in [-0.25, -0.2) is 0 Å². The van der Waals surface area contributed by atoms with Crippen LogP contribution >= 0.6 is 11.6 Å². The average molecular weight is 243 g/mol. The third kappa shape index (κ3) is 3.74. The van der Waals surface area contributed by atoms with Crippen molar-refractivity contribution < 1.29 is 14.6 Å². The van der Waals surface area contributed by atoms with Crippen LogP contribution in [0.5, 0.6) is 5.75 Å². The van der Waals surface area contributed by atoms with E-state index in [1.807, 2.05) is 20.8 Å². The maximum Gasteiger partial charge on any atom is 0.326 e. The molecule has 0 saturated heterocycles. The molecule has 1 aromatic carbocycles. The van der Waals surface area contributed by atoms with Crippen LogP contribution in [0.4, 0.5) is 0 Å². The summed E-state index contributed by atoms with van der Waals surface area (Å²) in [6, 6.07) is 6.76. The molecule has 1 atom stereocenters. The van der Waals surface area contributed by atoms with Crippen LogP contribution in [-0.2, 0) is 4.79 Å². The molecule has 1 unspecified atom stereocenters. The number of ether oxygens (including phenoxy) is 1. The molecule has 0 aliphatic heterocycles. The van der Waals surface area contributed by atoms with Gasteiger partial charge in [0.05, 0.1) is 0 Å². The predicted octanol–water partition coefficient (Wildman–Crippen LogP) is 3.23. The minimum atomic E-state index is -1.05. The molecule has 0 aliphatic rings. The molecule has 16 heavy (non-hydrogen) atoms. The number of halogens is 1. The highest BCUT2D eigenvalue weighted by molar-refractivity contribution is 6.29. The van der Waals surface area contributed by atoms with Gasteiger partial charge in [0.1, 0.15) is 11.4 Å². The van der Waals surface area contributed by atoms with Crippen LogP contribution < -0.4 is 4.74 Å². The SMILES string of the molecule is CC(C)(C)Oc1ccc(C(Cl)C(=O)O)cc1. The number of carboxylic acids is 1. The highest BCUT2D eigenvalue weighted by atomic mass is 35.5. The van der Waals surface area contributed by atoms with Gasteiger partial charge in [0.15, 0.2) is 5.38 Å². The minimum absolute atomic E-state index is 0.269. The number of aliphatic carboxylic acids is 1. The number of hydrogen-bond donors (Lipinski definition) is 1. The molecular weight excluding hydrogens is 228 g/mol. The number of carbonyl (C=O) groups is 1. The van der Waals surface area contributed by atoms with Crippen LogP contribution in [0.1, 0.15) is 31.7 Å². The fourth-order valence-corrected chi connectivity index (χ4v) is 1.35. The fourth-order valence-electron chi connectivity index (χ4n) is 1.20. The normalized spacial score (nSPS) is 13.2. The highest BCUT2D eigenvalue weighted by Crippen LogP contribution is 2.24. The van der Waals surface area contributed by atoms with Crippen molar-refractivity contribution in [3.8, 4) is 5.75 Å². The largest absolute Gasteiger partial charge is 0.488 e. The Morgan fingerprint density at radius 2 is 1.81 bits per heavy atom. The van der Waals surface area contributed by atoms with E-state index in [0.717, 1.165) is 0 Å². The van der Waals surface area contributed by atoms with Crippen molar-refractivity contribution in [3.63, 3.8) is 0 Å². The molecular formula is C12H15ClO3. The number of hydrogen-bond acceptors (Lipinski definition) is 2. The standard InChI is InChI=1S/C12H15ClO3/c1-12(2,3)16-9-6-4-8(5-7-9)10(13)11(14)15/h4-7,10H,1-3H3,(H,14,15). The molecule has 0 heterocycles. The van der Waals surface area contributed by atoms with E-state index in [1.54, 1.807) is 24.3 Å². The zero-order chi connectivity index (χ0) is 12.3. The number of alkyl halides is 1. The lowest BCUT2D eigenvalue weighted by Crippen LogP contribution is -2.22. The van der Waals surface area contributed by atoms with Gasteiger partial charge < -0.3 is 9.84 Å². The molecule has 0 radical (unpaired) electrons. The molecule has 0 bridgehead atoms. The van der Waals surface area contributed by atoms with Crippen molar-refractivity contribution in [1.29, 1.82) is 0 Å². The van der Waals surface area contributed by atoms with Gasteiger partial charge in [-0.2, -0.15) is 0 Å². The van der Waals surface area contributed by atoms with E-state index >= 15 is 0 Å². The summed E-state index contributed by atoms with van der Waals surface area (Å²) < 4.78 is 5.61. The van der Waals surface area contributed by atoms with Crippen LogP contribution in [0.3, 0.4) is 0 Å². The molecule has 0 fully saturated rings. The number of benzene rings is 1. The quantitative estimate of drug-likeness (QED) is 0.828. The van der Waals surface area contributed by atoms with Gasteiger partial charge in [0.2, 0.25) is 0 Å². The van der Waals surface area contributed by atoms with Crippen LogP contribution in [0.15, 0.2) is 24.3 Å². The first-order chi connectivity index (χ1) is 7.29. The summed E-state index contributed by atoms with van der Waals surface area (Å²) in [6.45, 7) is 5.84. The lowest BCUT2D eigenvalue weighted by atomic mass is 10.1. The summed E-state index contributed by atoms with van der Waals surface area (Å²) in [5, 5.41) is 7.72. The topological polar surface area (TPSA) is 46.5 Å². The summed E-state index contributed by atoms with van der Waals surface area (Å²) in [5.74, 6) is -0.350. The molecule has 4 heteroatoms. The van der Waals surface area contributed by atoms with Crippen molar-refractivity contribution in [2.45, 2.75) is 31.7 Å². The monoisotopic (exact) mass is 242 g/mol. The van der Waals surface area contributed by atoms with E-state index in [9.17, 15) is 4.79 Å². The first-order valence-corrected chi connectivity index (χ1v) is 5.39. The lowest BCUT2D eigenvalue weighted by Gasteiger charge is -2.21. The van der Waals surface area contributed by atoms with Crippen molar-refractivity contribution in [2.75, 3.05) is 0 Å². The maximum absolute atomic E-state index is 10.7. The van der Waals surface area contributed by atoms with Crippen LogP contribution in [0, 0.1) is 0 Å². The second-order valence-corrected chi connectivity index (χ2v) is 4.92. The van der Waals surface area contributed by atoms with Crippen molar-refractivity contribution in [2.24, 2.45) is 0 Å².